The van der Waals surface area contributed by atoms with E-state index in [0.717, 1.165) is 16.5 Å². The molecule has 0 radical (unpaired) electrons. The Kier molecular flexibility index (Phi) is 7.28. The third kappa shape index (κ3) is 6.40. The summed E-state index contributed by atoms with van der Waals surface area (Å²) in [6.45, 7) is 4.03. The van der Waals surface area contributed by atoms with Crippen molar-refractivity contribution >= 4 is 45.5 Å². The highest BCUT2D eigenvalue weighted by atomic mass is 79.9. The van der Waals surface area contributed by atoms with Crippen molar-refractivity contribution in [2.45, 2.75) is 26.4 Å². The lowest BCUT2D eigenvalue weighted by atomic mass is 10.2. The molecule has 5 nitrogen and oxygen atoms in total. The Hall–Kier alpha value is -2.05. The maximum absolute atomic E-state index is 11.8. The summed E-state index contributed by atoms with van der Waals surface area (Å²) in [4.78, 5) is 11.8. The molecule has 0 bridgehead atoms. The van der Waals surface area contributed by atoms with E-state index >= 15 is 0 Å². The molecule has 132 valence electrons. The molecule has 2 rings (SSSR count). The number of hydrogen-bond donors (Lipinski definition) is 2. The smallest absolute Gasteiger partial charge is 0.339 e. The predicted molar refractivity (Wildman–Crippen MR) is 106 cm³/mol. The number of carbonyl (C=O) groups excluding carboxylic acids is 1. The van der Waals surface area contributed by atoms with Crippen LogP contribution in [-0.2, 0) is 0 Å². The van der Waals surface area contributed by atoms with Crippen LogP contribution in [-0.4, -0.2) is 18.3 Å². The zero-order chi connectivity index (χ0) is 18.2. The Morgan fingerprint density at radius 3 is 2.84 bits per heavy atom. The van der Waals surface area contributed by atoms with E-state index in [1.54, 1.807) is 24.3 Å². The second-order valence-electron chi connectivity index (χ2n) is 5.36. The highest BCUT2D eigenvalue weighted by Gasteiger charge is 2.06. The Morgan fingerprint density at radius 2 is 2.16 bits per heavy atom. The molecule has 0 aromatic heterocycles. The van der Waals surface area contributed by atoms with Crippen LogP contribution >= 0.6 is 27.5 Å². The first-order chi connectivity index (χ1) is 12.0. The van der Waals surface area contributed by atoms with Gasteiger partial charge in [-0.05, 0) is 55.3 Å². The van der Waals surface area contributed by atoms with E-state index in [1.165, 1.54) is 6.21 Å². The molecule has 0 aliphatic heterocycles. The van der Waals surface area contributed by atoms with Gasteiger partial charge in [-0.2, -0.15) is 5.10 Å². The maximum atomic E-state index is 11.8. The van der Waals surface area contributed by atoms with E-state index in [2.05, 4.69) is 31.8 Å². The Bertz CT molecular complexity index is 768. The predicted octanol–water partition coefficient (Wildman–Crippen LogP) is 5.44. The summed E-state index contributed by atoms with van der Waals surface area (Å²) in [5, 5.41) is 7.09. The molecule has 0 aliphatic carbocycles. The van der Waals surface area contributed by atoms with Gasteiger partial charge in [-0.15, -0.1) is 0 Å². The fourth-order valence-corrected chi connectivity index (χ4v) is 2.52. The van der Waals surface area contributed by atoms with E-state index in [9.17, 15) is 4.79 Å². The lowest BCUT2D eigenvalue weighted by molar-refractivity contribution is 0.217. The third-order valence-electron chi connectivity index (χ3n) is 3.32. The number of anilines is 1. The molecule has 2 amide bonds. The van der Waals surface area contributed by atoms with E-state index in [1.807, 2.05) is 32.0 Å². The Labute approximate surface area is 160 Å². The van der Waals surface area contributed by atoms with E-state index in [0.29, 0.717) is 16.5 Å². The van der Waals surface area contributed by atoms with Crippen molar-refractivity contribution < 1.29 is 9.53 Å². The van der Waals surface area contributed by atoms with Gasteiger partial charge < -0.3 is 10.1 Å². The topological polar surface area (TPSA) is 62.7 Å². The molecular formula is C18H19BrClN3O2. The number of amides is 2. The monoisotopic (exact) mass is 423 g/mol. The number of benzene rings is 2. The summed E-state index contributed by atoms with van der Waals surface area (Å²) in [6, 6.07) is 12.2. The third-order valence-corrected chi connectivity index (χ3v) is 4.11. The van der Waals surface area contributed by atoms with Crippen molar-refractivity contribution in [3.8, 4) is 5.75 Å². The summed E-state index contributed by atoms with van der Waals surface area (Å²) in [6.07, 6.45) is 2.51. The molecular weight excluding hydrogens is 406 g/mol. The van der Waals surface area contributed by atoms with Crippen molar-refractivity contribution in [2.75, 3.05) is 5.32 Å². The van der Waals surface area contributed by atoms with Crippen LogP contribution in [0.25, 0.3) is 0 Å². The molecule has 2 aromatic carbocycles. The van der Waals surface area contributed by atoms with Crippen LogP contribution < -0.4 is 15.5 Å². The van der Waals surface area contributed by atoms with E-state index < -0.39 is 6.03 Å². The van der Waals surface area contributed by atoms with E-state index in [-0.39, 0.29) is 6.10 Å². The van der Waals surface area contributed by atoms with Gasteiger partial charge in [-0.1, -0.05) is 40.5 Å². The lowest BCUT2D eigenvalue weighted by Gasteiger charge is -2.13. The number of urea groups is 1. The Balaban J connectivity index is 1.91. The highest BCUT2D eigenvalue weighted by molar-refractivity contribution is 9.10. The molecule has 25 heavy (non-hydrogen) atoms. The lowest BCUT2D eigenvalue weighted by Crippen LogP contribution is -2.24. The minimum atomic E-state index is -0.433. The van der Waals surface area contributed by atoms with Crippen LogP contribution in [0.4, 0.5) is 10.5 Å². The number of nitrogens with one attached hydrogen (secondary N) is 2. The second kappa shape index (κ2) is 9.44. The molecule has 0 fully saturated rings. The molecule has 0 unspecified atom stereocenters. The number of hydrogen-bond acceptors (Lipinski definition) is 3. The van der Waals surface area contributed by atoms with Crippen LogP contribution in [0.5, 0.6) is 5.75 Å². The normalized spacial score (nSPS) is 12.0. The largest absolute Gasteiger partial charge is 0.489 e. The van der Waals surface area contributed by atoms with Gasteiger partial charge >= 0.3 is 6.03 Å². The van der Waals surface area contributed by atoms with Crippen molar-refractivity contribution in [1.82, 2.24) is 5.43 Å². The summed E-state index contributed by atoms with van der Waals surface area (Å²) in [7, 11) is 0. The number of hydrazone groups is 1. The number of halogens is 2. The van der Waals surface area contributed by atoms with Gasteiger partial charge in [0.1, 0.15) is 5.75 Å². The zero-order valence-electron chi connectivity index (χ0n) is 13.9. The SMILES string of the molecule is CC[C@H](C)Oc1ccc(/C=N/NC(=O)Nc2cccc(Br)c2)cc1Cl. The van der Waals surface area contributed by atoms with Gasteiger partial charge in [0.25, 0.3) is 0 Å². The van der Waals surface area contributed by atoms with Gasteiger partial charge in [-0.25, -0.2) is 10.2 Å². The average molecular weight is 425 g/mol. The van der Waals surface area contributed by atoms with Crippen LogP contribution in [0.15, 0.2) is 52.0 Å². The Morgan fingerprint density at radius 1 is 1.36 bits per heavy atom. The van der Waals surface area contributed by atoms with Crippen molar-refractivity contribution in [3.63, 3.8) is 0 Å². The minimum Gasteiger partial charge on any atom is -0.489 e. The van der Waals surface area contributed by atoms with Gasteiger partial charge in [0, 0.05) is 10.2 Å². The first-order valence-corrected chi connectivity index (χ1v) is 8.97. The average Bonchev–Trinajstić information content (AvgIpc) is 2.57. The van der Waals surface area contributed by atoms with Crippen molar-refractivity contribution in [1.29, 1.82) is 0 Å². The zero-order valence-corrected chi connectivity index (χ0v) is 16.3. The van der Waals surface area contributed by atoms with Crippen LogP contribution in [0.3, 0.4) is 0 Å². The summed E-state index contributed by atoms with van der Waals surface area (Å²) in [5.41, 5.74) is 3.82. The quantitative estimate of drug-likeness (QED) is 0.479. The van der Waals surface area contributed by atoms with Gasteiger partial charge in [0.2, 0.25) is 0 Å². The molecule has 0 saturated heterocycles. The van der Waals surface area contributed by atoms with Gasteiger partial charge in [0.05, 0.1) is 17.3 Å². The molecule has 0 saturated carbocycles. The molecule has 7 heteroatoms. The number of ether oxygens (including phenoxy) is 1. The van der Waals surface area contributed by atoms with Crippen molar-refractivity contribution in [2.24, 2.45) is 5.10 Å². The molecule has 0 heterocycles. The van der Waals surface area contributed by atoms with E-state index in [4.69, 9.17) is 16.3 Å². The fourth-order valence-electron chi connectivity index (χ4n) is 1.88. The fraction of sp³-hybridized carbons (Fsp3) is 0.222. The molecule has 0 aliphatic rings. The number of carbonyl (C=O) groups is 1. The summed E-state index contributed by atoms with van der Waals surface area (Å²) >= 11 is 9.55. The van der Waals surface area contributed by atoms with Crippen molar-refractivity contribution in [3.05, 3.63) is 57.5 Å². The molecule has 1 atom stereocenters. The highest BCUT2D eigenvalue weighted by Crippen LogP contribution is 2.26. The molecule has 2 N–H and O–H groups in total. The van der Waals surface area contributed by atoms with Gasteiger partial charge in [-0.3, -0.25) is 0 Å². The minimum absolute atomic E-state index is 0.0976. The van der Waals surface area contributed by atoms with Crippen LogP contribution in [0, 0.1) is 0 Å². The van der Waals surface area contributed by atoms with Crippen LogP contribution in [0.2, 0.25) is 5.02 Å². The molecule has 2 aromatic rings. The maximum Gasteiger partial charge on any atom is 0.339 e. The van der Waals surface area contributed by atoms with Crippen LogP contribution in [0.1, 0.15) is 25.8 Å². The standard InChI is InChI=1S/C18H19BrClN3O2/c1-3-12(2)25-17-8-7-13(9-16(17)20)11-21-23-18(24)22-15-6-4-5-14(19)10-15/h4-12H,3H2,1-2H3,(H2,22,23,24)/b21-11+/t12-/m0/s1. The second-order valence-corrected chi connectivity index (χ2v) is 6.68. The first kappa shape index (κ1) is 19.3. The number of rotatable bonds is 6. The number of nitrogens with zero attached hydrogens (tertiary/aromatic N) is 1. The first-order valence-electron chi connectivity index (χ1n) is 7.79. The summed E-state index contributed by atoms with van der Waals surface area (Å²) < 4.78 is 6.59. The summed E-state index contributed by atoms with van der Waals surface area (Å²) in [5.74, 6) is 0.633. The van der Waals surface area contributed by atoms with Gasteiger partial charge in [0.15, 0.2) is 0 Å². The molecule has 0 spiro atoms.